The van der Waals surface area contributed by atoms with Crippen molar-refractivity contribution in [2.45, 2.75) is 6.92 Å². The molecule has 2 amide bonds. The van der Waals surface area contributed by atoms with E-state index < -0.39 is 5.91 Å². The molecule has 25 heavy (non-hydrogen) atoms. The smallest absolute Gasteiger partial charge is 0.262 e. The van der Waals surface area contributed by atoms with Crippen LogP contribution in [0.3, 0.4) is 0 Å². The van der Waals surface area contributed by atoms with Gasteiger partial charge in [0.25, 0.3) is 5.91 Å². The fourth-order valence-electron chi connectivity index (χ4n) is 2.16. The van der Waals surface area contributed by atoms with Crippen molar-refractivity contribution < 1.29 is 19.1 Å². The van der Waals surface area contributed by atoms with Crippen LogP contribution in [0.4, 0.5) is 5.69 Å². The molecule has 0 atom stereocenters. The van der Waals surface area contributed by atoms with Gasteiger partial charge in [0, 0.05) is 11.3 Å². The van der Waals surface area contributed by atoms with Crippen molar-refractivity contribution in [2.75, 3.05) is 19.0 Å². The number of amides is 2. The fraction of sp³-hybridized carbons (Fsp3) is 0.158. The van der Waals surface area contributed by atoms with Gasteiger partial charge in [-0.1, -0.05) is 18.2 Å². The van der Waals surface area contributed by atoms with Gasteiger partial charge in [-0.05, 0) is 48.9 Å². The van der Waals surface area contributed by atoms with E-state index in [2.05, 4.69) is 5.32 Å². The van der Waals surface area contributed by atoms with Crippen molar-refractivity contribution >= 4 is 23.6 Å². The van der Waals surface area contributed by atoms with Gasteiger partial charge in [0.05, 0.1) is 7.11 Å². The summed E-state index contributed by atoms with van der Waals surface area (Å²) >= 11 is 0. The zero-order valence-electron chi connectivity index (χ0n) is 14.1. The third-order valence-corrected chi connectivity index (χ3v) is 3.36. The second kappa shape index (κ2) is 8.54. The summed E-state index contributed by atoms with van der Waals surface area (Å²) in [5, 5.41) is 2.68. The minimum atomic E-state index is -0.519. The van der Waals surface area contributed by atoms with Crippen LogP contribution in [0.15, 0.2) is 48.5 Å². The first-order valence-corrected chi connectivity index (χ1v) is 7.66. The van der Waals surface area contributed by atoms with E-state index in [0.717, 1.165) is 5.56 Å². The summed E-state index contributed by atoms with van der Waals surface area (Å²) < 4.78 is 10.8. The highest BCUT2D eigenvalue weighted by Crippen LogP contribution is 2.28. The molecular formula is C19H20N2O4. The number of nitrogens with two attached hydrogens (primary N) is 1. The van der Waals surface area contributed by atoms with Crippen LogP contribution in [0.1, 0.15) is 22.8 Å². The first-order valence-electron chi connectivity index (χ1n) is 7.66. The third-order valence-electron chi connectivity index (χ3n) is 3.36. The quantitative estimate of drug-likeness (QED) is 0.811. The molecule has 0 heterocycles. The molecule has 0 aromatic heterocycles. The zero-order valence-corrected chi connectivity index (χ0v) is 14.1. The van der Waals surface area contributed by atoms with E-state index in [0.29, 0.717) is 22.7 Å². The summed E-state index contributed by atoms with van der Waals surface area (Å²) in [6.45, 7) is 1.76. The second-order valence-electron chi connectivity index (χ2n) is 5.19. The number of hydrogen-bond acceptors (Lipinski definition) is 4. The summed E-state index contributed by atoms with van der Waals surface area (Å²) in [6.07, 6.45) is 3.86. The molecule has 130 valence electrons. The summed E-state index contributed by atoms with van der Waals surface area (Å²) in [7, 11) is 1.54. The highest BCUT2D eigenvalue weighted by atomic mass is 16.5. The first-order chi connectivity index (χ1) is 12.0. The number of anilines is 1. The molecule has 6 nitrogen and oxygen atoms in total. The van der Waals surface area contributed by atoms with Crippen molar-refractivity contribution in [1.82, 2.24) is 0 Å². The molecule has 0 saturated carbocycles. The maximum absolute atomic E-state index is 12.0. The number of methoxy groups -OCH3 is 1. The highest BCUT2D eigenvalue weighted by molar-refractivity contribution is 5.95. The number of nitrogens with one attached hydrogen (secondary N) is 1. The van der Waals surface area contributed by atoms with E-state index in [-0.39, 0.29) is 12.5 Å². The number of benzene rings is 2. The van der Waals surface area contributed by atoms with Crippen LogP contribution in [-0.2, 0) is 4.79 Å². The van der Waals surface area contributed by atoms with E-state index in [9.17, 15) is 9.59 Å². The van der Waals surface area contributed by atoms with Crippen molar-refractivity contribution in [3.8, 4) is 11.5 Å². The first kappa shape index (κ1) is 18.1. The normalized spacial score (nSPS) is 10.5. The molecule has 0 unspecified atom stereocenters. The third kappa shape index (κ3) is 5.10. The van der Waals surface area contributed by atoms with Gasteiger partial charge in [0.1, 0.15) is 0 Å². The number of ether oxygens (including phenoxy) is 2. The number of allylic oxidation sites excluding steroid dienone is 1. The predicted molar refractivity (Wildman–Crippen MR) is 96.8 cm³/mol. The molecule has 0 aliphatic rings. The molecule has 0 aliphatic heterocycles. The van der Waals surface area contributed by atoms with Gasteiger partial charge >= 0.3 is 0 Å². The Hall–Kier alpha value is -3.28. The minimum absolute atomic E-state index is 0.170. The molecular weight excluding hydrogens is 320 g/mol. The van der Waals surface area contributed by atoms with E-state index in [4.69, 9.17) is 15.2 Å². The topological polar surface area (TPSA) is 90.6 Å². The molecule has 0 saturated heterocycles. The largest absolute Gasteiger partial charge is 0.493 e. The van der Waals surface area contributed by atoms with E-state index >= 15 is 0 Å². The Morgan fingerprint density at radius 2 is 1.84 bits per heavy atom. The molecule has 6 heteroatoms. The van der Waals surface area contributed by atoms with Crippen molar-refractivity contribution in [3.63, 3.8) is 0 Å². The van der Waals surface area contributed by atoms with Crippen molar-refractivity contribution in [2.24, 2.45) is 5.73 Å². The van der Waals surface area contributed by atoms with Gasteiger partial charge in [-0.25, -0.2) is 0 Å². The number of hydrogen-bond donors (Lipinski definition) is 2. The van der Waals surface area contributed by atoms with Crippen molar-refractivity contribution in [1.29, 1.82) is 0 Å². The van der Waals surface area contributed by atoms with Gasteiger partial charge in [-0.3, -0.25) is 9.59 Å². The average molecular weight is 340 g/mol. The number of carbonyl (C=O) groups is 2. The molecule has 0 aliphatic carbocycles. The lowest BCUT2D eigenvalue weighted by molar-refractivity contribution is -0.118. The Morgan fingerprint density at radius 3 is 2.44 bits per heavy atom. The van der Waals surface area contributed by atoms with Gasteiger partial charge in [0.2, 0.25) is 5.91 Å². The number of carbonyl (C=O) groups excluding carboxylic acids is 2. The predicted octanol–water partition coefficient (Wildman–Crippen LogP) is 2.84. The van der Waals surface area contributed by atoms with Crippen molar-refractivity contribution in [3.05, 3.63) is 59.7 Å². The SMILES string of the molecule is CC=Cc1ccc(OCC(=O)Nc2ccc(C(N)=O)cc2)c(OC)c1. The zero-order chi connectivity index (χ0) is 18.2. The van der Waals surface area contributed by atoms with Gasteiger partial charge < -0.3 is 20.5 Å². The Kier molecular flexibility index (Phi) is 6.17. The average Bonchev–Trinajstić information content (AvgIpc) is 2.61. The lowest BCUT2D eigenvalue weighted by Gasteiger charge is -2.11. The lowest BCUT2D eigenvalue weighted by atomic mass is 10.2. The van der Waals surface area contributed by atoms with Crippen LogP contribution in [0.2, 0.25) is 0 Å². The minimum Gasteiger partial charge on any atom is -0.493 e. The molecule has 0 bridgehead atoms. The molecule has 0 radical (unpaired) electrons. The molecule has 0 fully saturated rings. The monoisotopic (exact) mass is 340 g/mol. The van der Waals surface area contributed by atoms with E-state index in [1.54, 1.807) is 37.4 Å². The van der Waals surface area contributed by atoms with Gasteiger partial charge in [-0.15, -0.1) is 0 Å². The van der Waals surface area contributed by atoms with E-state index in [1.165, 1.54) is 0 Å². The maximum Gasteiger partial charge on any atom is 0.262 e. The summed E-state index contributed by atoms with van der Waals surface area (Å²) in [4.78, 5) is 23.0. The Morgan fingerprint density at radius 1 is 1.12 bits per heavy atom. The van der Waals surface area contributed by atoms with Crippen LogP contribution in [0.25, 0.3) is 6.08 Å². The Bertz CT molecular complexity index is 783. The summed E-state index contributed by atoms with van der Waals surface area (Å²) in [5.41, 5.74) is 7.07. The van der Waals surface area contributed by atoms with Crippen LogP contribution in [-0.4, -0.2) is 25.5 Å². The Labute approximate surface area is 146 Å². The molecule has 2 aromatic carbocycles. The maximum atomic E-state index is 12.0. The second-order valence-corrected chi connectivity index (χ2v) is 5.19. The molecule has 2 aromatic rings. The summed E-state index contributed by atoms with van der Waals surface area (Å²) in [6, 6.07) is 11.7. The fourth-order valence-corrected chi connectivity index (χ4v) is 2.16. The lowest BCUT2D eigenvalue weighted by Crippen LogP contribution is -2.20. The highest BCUT2D eigenvalue weighted by Gasteiger charge is 2.09. The van der Waals surface area contributed by atoms with Crippen LogP contribution in [0, 0.1) is 0 Å². The van der Waals surface area contributed by atoms with Crippen LogP contribution in [0.5, 0.6) is 11.5 Å². The molecule has 3 N–H and O–H groups in total. The number of primary amides is 1. The number of rotatable bonds is 7. The van der Waals surface area contributed by atoms with Gasteiger partial charge in [0.15, 0.2) is 18.1 Å². The van der Waals surface area contributed by atoms with E-state index in [1.807, 2.05) is 31.2 Å². The molecule has 0 spiro atoms. The summed E-state index contributed by atoms with van der Waals surface area (Å²) in [5.74, 6) is 0.185. The van der Waals surface area contributed by atoms with Crippen LogP contribution >= 0.6 is 0 Å². The Balaban J connectivity index is 1.96. The van der Waals surface area contributed by atoms with Crippen LogP contribution < -0.4 is 20.5 Å². The standard InChI is InChI=1S/C19H20N2O4/c1-3-4-13-5-10-16(17(11-13)24-2)25-12-18(22)21-15-8-6-14(7-9-15)19(20)23/h3-11H,12H2,1-2H3,(H2,20,23)(H,21,22). The van der Waals surface area contributed by atoms with Gasteiger partial charge in [-0.2, -0.15) is 0 Å². The molecule has 2 rings (SSSR count).